The molecular weight excluding hydrogens is 690 g/mol. The van der Waals surface area contributed by atoms with Crippen LogP contribution >= 0.6 is 0 Å². The van der Waals surface area contributed by atoms with E-state index in [1.165, 1.54) is 109 Å². The van der Waals surface area contributed by atoms with E-state index in [-0.39, 0.29) is 25.2 Å². The summed E-state index contributed by atoms with van der Waals surface area (Å²) in [6.45, 7) is 3.71. The van der Waals surface area contributed by atoms with Crippen LogP contribution in [0.1, 0.15) is 194 Å². The predicted octanol–water partition coefficient (Wildman–Crippen LogP) is 6.90. The van der Waals surface area contributed by atoms with Crippen LogP contribution in [0.3, 0.4) is 0 Å². The Morgan fingerprint density at radius 3 is 1.46 bits per heavy atom. The number of carbonyl (C=O) groups excluding carboxylic acids is 3. The van der Waals surface area contributed by atoms with Gasteiger partial charge >= 0.3 is 5.97 Å². The standard InChI is InChI=1S/C42H79N3O9/c1-3-5-7-9-11-13-14-15-16-17-18-19-21-23-25-27-31-45(37(49)28-26-24-22-20-12-10-8-6-4-2)42-39(41(53)40(52)34(33-46)54-42)44-36(48)32-43-35(47)29-30-38(50)51/h34,39-42,46,52-53H,3-33H2,1-2H3,(H,43,47)(H,44,48)(H,50,51)/t34-,39+,40+,41-,42-/m1/s1. The Labute approximate surface area is 326 Å². The van der Waals surface area contributed by atoms with Crippen LogP contribution in [0.25, 0.3) is 0 Å². The number of amides is 3. The van der Waals surface area contributed by atoms with Crippen LogP contribution in [0.5, 0.6) is 0 Å². The fourth-order valence-corrected chi connectivity index (χ4v) is 7.20. The molecule has 5 atom stereocenters. The van der Waals surface area contributed by atoms with Crippen LogP contribution in [0, 0.1) is 0 Å². The van der Waals surface area contributed by atoms with Gasteiger partial charge in [-0.2, -0.15) is 0 Å². The van der Waals surface area contributed by atoms with Gasteiger partial charge in [0.05, 0.1) is 19.6 Å². The summed E-state index contributed by atoms with van der Waals surface area (Å²) in [5.41, 5.74) is 0. The van der Waals surface area contributed by atoms with Crippen molar-refractivity contribution in [3.8, 4) is 0 Å². The summed E-state index contributed by atoms with van der Waals surface area (Å²) in [7, 11) is 0. The summed E-state index contributed by atoms with van der Waals surface area (Å²) in [6, 6.07) is -1.22. The fraction of sp³-hybridized carbons (Fsp3) is 0.905. The maximum absolute atomic E-state index is 13.8. The zero-order valence-electron chi connectivity index (χ0n) is 34.1. The molecule has 1 aliphatic heterocycles. The lowest BCUT2D eigenvalue weighted by Gasteiger charge is -2.47. The Hall–Kier alpha value is -2.28. The molecule has 54 heavy (non-hydrogen) atoms. The molecule has 0 unspecified atom stereocenters. The van der Waals surface area contributed by atoms with Gasteiger partial charge in [-0.15, -0.1) is 0 Å². The lowest BCUT2D eigenvalue weighted by molar-refractivity contribution is -0.231. The minimum absolute atomic E-state index is 0.176. The highest BCUT2D eigenvalue weighted by molar-refractivity contribution is 5.86. The number of carboxylic acids is 1. The third-order valence-corrected chi connectivity index (χ3v) is 10.6. The average Bonchev–Trinajstić information content (AvgIpc) is 3.15. The van der Waals surface area contributed by atoms with Gasteiger partial charge in [-0.3, -0.25) is 19.2 Å². The van der Waals surface area contributed by atoms with Gasteiger partial charge in [-0.1, -0.05) is 162 Å². The number of hydrogen-bond donors (Lipinski definition) is 6. The molecule has 0 bridgehead atoms. The maximum atomic E-state index is 13.8. The summed E-state index contributed by atoms with van der Waals surface area (Å²) in [5.74, 6) is -2.62. The van der Waals surface area contributed by atoms with Crippen molar-refractivity contribution in [3.05, 3.63) is 0 Å². The molecular formula is C42H79N3O9. The number of nitrogens with one attached hydrogen (secondary N) is 2. The second-order valence-corrected chi connectivity index (χ2v) is 15.5. The Morgan fingerprint density at radius 2 is 1.02 bits per heavy atom. The minimum atomic E-state index is -1.55. The van der Waals surface area contributed by atoms with Gasteiger partial charge in [-0.05, 0) is 12.8 Å². The van der Waals surface area contributed by atoms with E-state index >= 15 is 0 Å². The zero-order chi connectivity index (χ0) is 39.8. The van der Waals surface area contributed by atoms with Crippen molar-refractivity contribution in [1.29, 1.82) is 0 Å². The van der Waals surface area contributed by atoms with Gasteiger partial charge in [0, 0.05) is 19.4 Å². The highest BCUT2D eigenvalue weighted by atomic mass is 16.5. The summed E-state index contributed by atoms with van der Waals surface area (Å²) in [4.78, 5) is 51.1. The minimum Gasteiger partial charge on any atom is -0.481 e. The molecule has 316 valence electrons. The number of ether oxygens (including phenoxy) is 1. The molecule has 0 saturated carbocycles. The van der Waals surface area contributed by atoms with Gasteiger partial charge in [0.15, 0.2) is 6.23 Å². The Morgan fingerprint density at radius 1 is 0.574 bits per heavy atom. The van der Waals surface area contributed by atoms with E-state index in [2.05, 4.69) is 24.5 Å². The smallest absolute Gasteiger partial charge is 0.303 e. The molecule has 1 rings (SSSR count). The second kappa shape index (κ2) is 32.9. The van der Waals surface area contributed by atoms with E-state index in [1.54, 1.807) is 4.90 Å². The Kier molecular flexibility index (Phi) is 30.3. The molecule has 1 aliphatic rings. The molecule has 12 heteroatoms. The van der Waals surface area contributed by atoms with Crippen LogP contribution in [0.15, 0.2) is 0 Å². The molecule has 0 aromatic carbocycles. The zero-order valence-corrected chi connectivity index (χ0v) is 34.1. The van der Waals surface area contributed by atoms with Gasteiger partial charge in [0.25, 0.3) is 0 Å². The quantitative estimate of drug-likeness (QED) is 0.0373. The van der Waals surface area contributed by atoms with E-state index in [0.717, 1.165) is 38.5 Å². The number of aliphatic hydroxyl groups excluding tert-OH is 3. The Bertz CT molecular complexity index is 985. The van der Waals surface area contributed by atoms with Crippen LogP contribution in [-0.4, -0.2) is 99.3 Å². The first-order chi connectivity index (χ1) is 26.2. The number of carboxylic acid groups (broad SMARTS) is 1. The summed E-state index contributed by atoms with van der Waals surface area (Å²) in [5, 5.41) is 45.6. The van der Waals surface area contributed by atoms with Gasteiger partial charge < -0.3 is 40.7 Å². The van der Waals surface area contributed by atoms with Crippen LogP contribution in [0.4, 0.5) is 0 Å². The van der Waals surface area contributed by atoms with Crippen molar-refractivity contribution in [3.63, 3.8) is 0 Å². The molecule has 1 saturated heterocycles. The molecule has 0 spiro atoms. The van der Waals surface area contributed by atoms with E-state index < -0.39 is 61.5 Å². The number of carbonyl (C=O) groups is 4. The predicted molar refractivity (Wildman–Crippen MR) is 213 cm³/mol. The van der Waals surface area contributed by atoms with E-state index in [0.29, 0.717) is 19.4 Å². The van der Waals surface area contributed by atoms with E-state index in [1.807, 2.05) is 0 Å². The monoisotopic (exact) mass is 770 g/mol. The SMILES string of the molecule is CCCCCCCCCCCCCCCCCCN(C(=O)CCCCCCCCCCC)[C@@H]1O[C@H](CO)[C@H](O)[C@H](O)[C@@H]1NC(=O)CNC(=O)CCC(=O)O. The van der Waals surface area contributed by atoms with Gasteiger partial charge in [0.1, 0.15) is 24.4 Å². The Balaban J connectivity index is 2.74. The highest BCUT2D eigenvalue weighted by Gasteiger charge is 2.48. The number of hydrogen-bond acceptors (Lipinski definition) is 8. The molecule has 6 N–H and O–H groups in total. The summed E-state index contributed by atoms with van der Waals surface area (Å²) in [6.07, 6.45) is 23.7. The topological polar surface area (TPSA) is 186 Å². The first kappa shape index (κ1) is 49.7. The molecule has 0 radical (unpaired) electrons. The first-order valence-corrected chi connectivity index (χ1v) is 21.9. The highest BCUT2D eigenvalue weighted by Crippen LogP contribution is 2.26. The molecule has 12 nitrogen and oxygen atoms in total. The van der Waals surface area contributed by atoms with E-state index in [9.17, 15) is 34.5 Å². The largest absolute Gasteiger partial charge is 0.481 e. The lowest BCUT2D eigenvalue weighted by atomic mass is 9.94. The number of rotatable bonds is 35. The number of aliphatic carboxylic acids is 1. The maximum Gasteiger partial charge on any atom is 0.303 e. The lowest BCUT2D eigenvalue weighted by Crippen LogP contribution is -2.69. The molecule has 3 amide bonds. The van der Waals surface area contributed by atoms with Crippen molar-refractivity contribution in [2.24, 2.45) is 0 Å². The fourth-order valence-electron chi connectivity index (χ4n) is 7.20. The van der Waals surface area contributed by atoms with E-state index in [4.69, 9.17) is 9.84 Å². The van der Waals surface area contributed by atoms with Gasteiger partial charge in [-0.25, -0.2) is 0 Å². The van der Waals surface area contributed by atoms with Crippen LogP contribution < -0.4 is 10.6 Å². The van der Waals surface area contributed by atoms with Crippen LogP contribution in [-0.2, 0) is 23.9 Å². The van der Waals surface area contributed by atoms with Crippen molar-refractivity contribution in [2.75, 3.05) is 19.7 Å². The van der Waals surface area contributed by atoms with Crippen molar-refractivity contribution in [2.45, 2.75) is 224 Å². The van der Waals surface area contributed by atoms with Crippen molar-refractivity contribution < 1.29 is 44.3 Å². The van der Waals surface area contributed by atoms with Crippen molar-refractivity contribution in [1.82, 2.24) is 15.5 Å². The molecule has 1 heterocycles. The van der Waals surface area contributed by atoms with Crippen molar-refractivity contribution >= 4 is 23.7 Å². The molecule has 1 fully saturated rings. The number of nitrogens with zero attached hydrogens (tertiary/aromatic N) is 1. The number of unbranched alkanes of at least 4 members (excludes halogenated alkanes) is 23. The third-order valence-electron chi connectivity index (χ3n) is 10.6. The van der Waals surface area contributed by atoms with Crippen LogP contribution in [0.2, 0.25) is 0 Å². The number of aliphatic hydroxyl groups is 3. The summed E-state index contributed by atoms with van der Waals surface area (Å²) >= 11 is 0. The molecule has 0 aromatic heterocycles. The summed E-state index contributed by atoms with van der Waals surface area (Å²) < 4.78 is 6.05. The molecule has 0 aromatic rings. The first-order valence-electron chi connectivity index (χ1n) is 21.9. The second-order valence-electron chi connectivity index (χ2n) is 15.5. The van der Waals surface area contributed by atoms with Gasteiger partial charge in [0.2, 0.25) is 17.7 Å². The normalized spacial score (nSPS) is 19.8. The third kappa shape index (κ3) is 23.6. The molecule has 0 aliphatic carbocycles. The average molecular weight is 770 g/mol.